The first-order valence-electron chi connectivity index (χ1n) is 6.03. The summed E-state index contributed by atoms with van der Waals surface area (Å²) in [6.07, 6.45) is 8.05. The molecule has 0 aromatic carbocycles. The molecule has 0 bridgehead atoms. The molecule has 1 aromatic rings. The second-order valence-corrected chi connectivity index (χ2v) is 4.98. The van der Waals surface area contributed by atoms with E-state index in [0.717, 1.165) is 25.7 Å². The fraction of sp³-hybridized carbons (Fsp3) is 0.750. The number of aromatic nitrogens is 2. The van der Waals surface area contributed by atoms with E-state index < -0.39 is 5.60 Å². The second-order valence-electron chi connectivity index (χ2n) is 4.98. The molecule has 0 aliphatic heterocycles. The molecular weight excluding hydrogens is 202 g/mol. The topological polar surface area (TPSA) is 50.1 Å². The van der Waals surface area contributed by atoms with Crippen LogP contribution in [0.2, 0.25) is 0 Å². The Morgan fingerprint density at radius 1 is 1.56 bits per heavy atom. The van der Waals surface area contributed by atoms with Crippen LogP contribution >= 0.6 is 0 Å². The van der Waals surface area contributed by atoms with Gasteiger partial charge in [0.25, 0.3) is 0 Å². The van der Waals surface area contributed by atoms with Crippen molar-refractivity contribution in [2.75, 3.05) is 6.54 Å². The smallest absolute Gasteiger partial charge is 0.0771 e. The van der Waals surface area contributed by atoms with E-state index in [-0.39, 0.29) is 6.04 Å². The zero-order valence-electron chi connectivity index (χ0n) is 10.1. The van der Waals surface area contributed by atoms with Crippen LogP contribution in [0.4, 0.5) is 0 Å². The lowest BCUT2D eigenvalue weighted by molar-refractivity contribution is 0.0453. The van der Waals surface area contributed by atoms with Crippen LogP contribution in [0.15, 0.2) is 12.4 Å². The van der Waals surface area contributed by atoms with Crippen molar-refractivity contribution in [1.82, 2.24) is 15.1 Å². The van der Waals surface area contributed by atoms with Gasteiger partial charge < -0.3 is 10.4 Å². The van der Waals surface area contributed by atoms with Crippen molar-refractivity contribution in [3.05, 3.63) is 18.0 Å². The van der Waals surface area contributed by atoms with Crippen LogP contribution in [0.1, 0.15) is 44.2 Å². The molecule has 1 unspecified atom stereocenters. The summed E-state index contributed by atoms with van der Waals surface area (Å²) in [6, 6.07) is 0.248. The highest BCUT2D eigenvalue weighted by Gasteiger charge is 2.31. The maximum Gasteiger partial charge on any atom is 0.0771 e. The Hall–Kier alpha value is -0.870. The van der Waals surface area contributed by atoms with Gasteiger partial charge in [-0.2, -0.15) is 5.10 Å². The lowest BCUT2D eigenvalue weighted by Crippen LogP contribution is -2.38. The molecule has 2 rings (SSSR count). The predicted octanol–water partition coefficient (Wildman–Crippen LogP) is 1.38. The molecule has 1 atom stereocenters. The molecule has 1 aliphatic rings. The summed E-state index contributed by atoms with van der Waals surface area (Å²) in [5.41, 5.74) is 0.695. The van der Waals surface area contributed by atoms with Gasteiger partial charge in [-0.05, 0) is 19.8 Å². The molecule has 16 heavy (non-hydrogen) atoms. The van der Waals surface area contributed by atoms with Crippen molar-refractivity contribution in [3.8, 4) is 0 Å². The van der Waals surface area contributed by atoms with E-state index in [1.165, 1.54) is 5.56 Å². The summed E-state index contributed by atoms with van der Waals surface area (Å²) in [5, 5.41) is 17.7. The van der Waals surface area contributed by atoms with E-state index in [1.807, 2.05) is 19.4 Å². The zero-order chi connectivity index (χ0) is 11.6. The normalized spacial score (nSPS) is 21.2. The van der Waals surface area contributed by atoms with E-state index in [4.69, 9.17) is 0 Å². The maximum absolute atomic E-state index is 10.2. The Kier molecular flexibility index (Phi) is 3.30. The van der Waals surface area contributed by atoms with Gasteiger partial charge in [0.2, 0.25) is 0 Å². The zero-order valence-corrected chi connectivity index (χ0v) is 10.1. The fourth-order valence-electron chi connectivity index (χ4n) is 2.33. The van der Waals surface area contributed by atoms with E-state index in [2.05, 4.69) is 17.3 Å². The van der Waals surface area contributed by atoms with E-state index >= 15 is 0 Å². The van der Waals surface area contributed by atoms with E-state index in [9.17, 15) is 5.11 Å². The molecule has 1 aliphatic carbocycles. The molecule has 90 valence electrons. The summed E-state index contributed by atoms with van der Waals surface area (Å²) < 4.78 is 1.80. The van der Waals surface area contributed by atoms with Crippen molar-refractivity contribution >= 4 is 0 Å². The summed E-state index contributed by atoms with van der Waals surface area (Å²) in [4.78, 5) is 0. The highest BCUT2D eigenvalue weighted by atomic mass is 16.3. The van der Waals surface area contributed by atoms with E-state index in [0.29, 0.717) is 6.54 Å². The Bertz CT molecular complexity index is 342. The fourth-order valence-corrected chi connectivity index (χ4v) is 2.33. The number of rotatable bonds is 4. The number of nitrogens with one attached hydrogen (secondary N) is 1. The molecule has 1 fully saturated rings. The summed E-state index contributed by atoms with van der Waals surface area (Å²) in [5.74, 6) is 0. The van der Waals surface area contributed by atoms with Gasteiger partial charge >= 0.3 is 0 Å². The predicted molar refractivity (Wildman–Crippen MR) is 63.0 cm³/mol. The summed E-state index contributed by atoms with van der Waals surface area (Å²) in [6.45, 7) is 2.79. The summed E-state index contributed by atoms with van der Waals surface area (Å²) in [7, 11) is 1.92. The van der Waals surface area contributed by atoms with Crippen LogP contribution in [0.5, 0.6) is 0 Å². The van der Waals surface area contributed by atoms with Crippen molar-refractivity contribution < 1.29 is 5.11 Å². The van der Waals surface area contributed by atoms with Gasteiger partial charge in [0.1, 0.15) is 0 Å². The minimum Gasteiger partial charge on any atom is -0.389 e. The Balaban J connectivity index is 1.86. The van der Waals surface area contributed by atoms with E-state index in [1.54, 1.807) is 4.68 Å². The Morgan fingerprint density at radius 3 is 2.81 bits per heavy atom. The average Bonchev–Trinajstić information content (AvgIpc) is 2.85. The largest absolute Gasteiger partial charge is 0.389 e. The van der Waals surface area contributed by atoms with Gasteiger partial charge in [0, 0.05) is 31.4 Å². The van der Waals surface area contributed by atoms with Gasteiger partial charge in [-0.3, -0.25) is 4.68 Å². The molecule has 1 saturated carbocycles. The minimum atomic E-state index is -0.476. The Morgan fingerprint density at radius 2 is 2.25 bits per heavy atom. The van der Waals surface area contributed by atoms with Gasteiger partial charge in [-0.15, -0.1) is 0 Å². The molecule has 0 amide bonds. The van der Waals surface area contributed by atoms with Crippen molar-refractivity contribution in [1.29, 1.82) is 0 Å². The lowest BCUT2D eigenvalue weighted by Gasteiger charge is -2.24. The van der Waals surface area contributed by atoms with Crippen molar-refractivity contribution in [3.63, 3.8) is 0 Å². The third-order valence-corrected chi connectivity index (χ3v) is 3.50. The third kappa shape index (κ3) is 2.62. The Labute approximate surface area is 96.7 Å². The number of hydrogen-bond donors (Lipinski definition) is 2. The number of aliphatic hydroxyl groups is 1. The van der Waals surface area contributed by atoms with Crippen LogP contribution < -0.4 is 5.32 Å². The molecule has 0 radical (unpaired) electrons. The van der Waals surface area contributed by atoms with Crippen LogP contribution in [0.3, 0.4) is 0 Å². The minimum absolute atomic E-state index is 0.248. The first-order valence-corrected chi connectivity index (χ1v) is 6.03. The highest BCUT2D eigenvalue weighted by molar-refractivity contribution is 5.09. The molecule has 2 N–H and O–H groups in total. The van der Waals surface area contributed by atoms with Crippen LogP contribution in [-0.2, 0) is 7.05 Å². The molecule has 4 nitrogen and oxygen atoms in total. The van der Waals surface area contributed by atoms with Gasteiger partial charge in [0.05, 0.1) is 11.8 Å². The first-order chi connectivity index (χ1) is 7.59. The van der Waals surface area contributed by atoms with Crippen LogP contribution in [0.25, 0.3) is 0 Å². The standard InChI is InChI=1S/C12H21N3O/c1-10(11-7-14-15(2)8-11)13-9-12(16)5-3-4-6-12/h7-8,10,13,16H,3-6,9H2,1-2H3. The first kappa shape index (κ1) is 11.6. The van der Waals surface area contributed by atoms with Gasteiger partial charge in [0.15, 0.2) is 0 Å². The molecule has 1 aromatic heterocycles. The van der Waals surface area contributed by atoms with Gasteiger partial charge in [-0.25, -0.2) is 0 Å². The third-order valence-electron chi connectivity index (χ3n) is 3.50. The molecule has 0 saturated heterocycles. The van der Waals surface area contributed by atoms with Crippen molar-refractivity contribution in [2.45, 2.75) is 44.2 Å². The van der Waals surface area contributed by atoms with Crippen molar-refractivity contribution in [2.24, 2.45) is 7.05 Å². The number of nitrogens with zero attached hydrogens (tertiary/aromatic N) is 2. The van der Waals surface area contributed by atoms with Gasteiger partial charge in [-0.1, -0.05) is 12.8 Å². The monoisotopic (exact) mass is 223 g/mol. The molecule has 1 heterocycles. The molecule has 0 spiro atoms. The molecular formula is C12H21N3O. The number of aryl methyl sites for hydroxylation is 1. The number of hydrogen-bond acceptors (Lipinski definition) is 3. The molecule has 4 heteroatoms. The summed E-state index contributed by atoms with van der Waals surface area (Å²) >= 11 is 0. The highest BCUT2D eigenvalue weighted by Crippen LogP contribution is 2.29. The second kappa shape index (κ2) is 4.55. The average molecular weight is 223 g/mol. The lowest BCUT2D eigenvalue weighted by atomic mass is 10.0. The quantitative estimate of drug-likeness (QED) is 0.810. The van der Waals surface area contributed by atoms with Crippen LogP contribution in [0, 0.1) is 0 Å². The maximum atomic E-state index is 10.2. The van der Waals surface area contributed by atoms with Crippen LogP contribution in [-0.4, -0.2) is 27.0 Å². The SMILES string of the molecule is CC(NCC1(O)CCCC1)c1cnn(C)c1.